The molecule has 0 aliphatic rings. The number of aldehydes is 2. The summed E-state index contributed by atoms with van der Waals surface area (Å²) in [6, 6.07) is 1.53. The van der Waals surface area contributed by atoms with Crippen LogP contribution in [0.3, 0.4) is 0 Å². The number of carbonyl (C=O) groups excluding carboxylic acids is 4. The summed E-state index contributed by atoms with van der Waals surface area (Å²) in [7, 11) is 1.20. The fourth-order valence-corrected chi connectivity index (χ4v) is 2.36. The maximum Gasteiger partial charge on any atom is 0.328 e. The number of carbonyl (C=O) groups is 4. The Labute approximate surface area is 149 Å². The van der Waals surface area contributed by atoms with Gasteiger partial charge in [0.15, 0.2) is 12.6 Å². The SMILES string of the molecule is C#Cc1c(C=O)cc(C(=O)N[C@H](Cc2cnc[nH]2)C(=O)OC)cc1C=O. The lowest BCUT2D eigenvalue weighted by atomic mass is 9.98. The van der Waals surface area contributed by atoms with Crippen LogP contribution in [0.1, 0.15) is 42.3 Å². The number of H-pyrrole nitrogens is 1. The van der Waals surface area contributed by atoms with Gasteiger partial charge in [-0.15, -0.1) is 6.42 Å². The molecule has 0 spiro atoms. The number of methoxy groups -OCH3 is 1. The summed E-state index contributed by atoms with van der Waals surface area (Å²) in [6.45, 7) is 0. The van der Waals surface area contributed by atoms with E-state index >= 15 is 0 Å². The molecule has 1 atom stereocenters. The van der Waals surface area contributed by atoms with Crippen LogP contribution in [0.25, 0.3) is 0 Å². The Morgan fingerprint density at radius 3 is 2.46 bits per heavy atom. The molecule has 0 unspecified atom stereocenters. The molecule has 0 aliphatic carbocycles. The number of imidazole rings is 1. The van der Waals surface area contributed by atoms with E-state index in [4.69, 9.17) is 11.2 Å². The lowest BCUT2D eigenvalue weighted by molar-refractivity contribution is -0.142. The lowest BCUT2D eigenvalue weighted by Crippen LogP contribution is -2.43. The second-order valence-corrected chi connectivity index (χ2v) is 5.24. The first-order valence-electron chi connectivity index (χ1n) is 7.45. The molecular weight excluding hydrogens is 338 g/mol. The minimum absolute atomic E-state index is 0.0201. The van der Waals surface area contributed by atoms with Gasteiger partial charge in [-0.25, -0.2) is 9.78 Å². The van der Waals surface area contributed by atoms with Crippen molar-refractivity contribution in [1.82, 2.24) is 15.3 Å². The molecule has 0 saturated heterocycles. The minimum atomic E-state index is -0.986. The zero-order valence-corrected chi connectivity index (χ0v) is 13.8. The Hall–Kier alpha value is -3.73. The van der Waals surface area contributed by atoms with Gasteiger partial charge in [0.2, 0.25) is 0 Å². The van der Waals surface area contributed by atoms with E-state index in [0.29, 0.717) is 18.3 Å². The van der Waals surface area contributed by atoms with Crippen molar-refractivity contribution in [2.24, 2.45) is 0 Å². The van der Waals surface area contributed by atoms with Crippen LogP contribution in [0, 0.1) is 12.3 Å². The van der Waals surface area contributed by atoms with Gasteiger partial charge < -0.3 is 15.0 Å². The number of aromatic amines is 1. The standard InChI is InChI=1S/C18H15N3O5/c1-3-15-12(8-22)4-11(5-13(15)9-23)17(24)21-16(18(25)26-2)6-14-7-19-10-20-14/h1,4-5,7-10,16H,6H2,2H3,(H,19,20)(H,21,24)/t16-/m1/s1. The molecule has 2 N–H and O–H groups in total. The monoisotopic (exact) mass is 353 g/mol. The summed E-state index contributed by atoms with van der Waals surface area (Å²) in [5.41, 5.74) is 0.807. The molecule has 2 aromatic rings. The third kappa shape index (κ3) is 4.02. The molecule has 0 aliphatic heterocycles. The average Bonchev–Trinajstić information content (AvgIpc) is 3.18. The van der Waals surface area contributed by atoms with E-state index in [0.717, 1.165) is 0 Å². The second-order valence-electron chi connectivity index (χ2n) is 5.24. The Balaban J connectivity index is 2.31. The number of amides is 1. The van der Waals surface area contributed by atoms with Crippen molar-refractivity contribution < 1.29 is 23.9 Å². The van der Waals surface area contributed by atoms with Crippen molar-refractivity contribution in [2.45, 2.75) is 12.5 Å². The Bertz CT molecular complexity index is 852. The normalized spacial score (nSPS) is 11.1. The second kappa shape index (κ2) is 8.39. The topological polar surface area (TPSA) is 118 Å². The van der Waals surface area contributed by atoms with Crippen LogP contribution < -0.4 is 5.32 Å². The maximum atomic E-state index is 12.5. The van der Waals surface area contributed by atoms with E-state index in [1.807, 2.05) is 0 Å². The van der Waals surface area contributed by atoms with Gasteiger partial charge in [-0.05, 0) is 12.1 Å². The Morgan fingerprint density at radius 1 is 1.35 bits per heavy atom. The Morgan fingerprint density at radius 2 is 2.00 bits per heavy atom. The number of esters is 1. The van der Waals surface area contributed by atoms with Crippen LogP contribution in [-0.4, -0.2) is 47.6 Å². The van der Waals surface area contributed by atoms with Gasteiger partial charge in [0.1, 0.15) is 6.04 Å². The first-order chi connectivity index (χ1) is 12.5. The Kier molecular flexibility index (Phi) is 6.01. The van der Waals surface area contributed by atoms with Crippen LogP contribution in [-0.2, 0) is 16.0 Å². The number of nitrogens with zero attached hydrogens (tertiary/aromatic N) is 1. The van der Waals surface area contributed by atoms with E-state index in [9.17, 15) is 19.2 Å². The van der Waals surface area contributed by atoms with Gasteiger partial charge in [0.05, 0.1) is 13.4 Å². The molecular formula is C18H15N3O5. The van der Waals surface area contributed by atoms with E-state index in [1.165, 1.54) is 31.8 Å². The summed E-state index contributed by atoms with van der Waals surface area (Å²) in [5, 5.41) is 2.52. The summed E-state index contributed by atoms with van der Waals surface area (Å²) < 4.78 is 4.70. The van der Waals surface area contributed by atoms with Crippen molar-refractivity contribution in [2.75, 3.05) is 7.11 Å². The average molecular weight is 353 g/mol. The molecule has 26 heavy (non-hydrogen) atoms. The molecule has 132 valence electrons. The number of benzene rings is 1. The van der Waals surface area contributed by atoms with Gasteiger partial charge in [-0.2, -0.15) is 0 Å². The first kappa shape index (κ1) is 18.6. The van der Waals surface area contributed by atoms with E-state index in [2.05, 4.69) is 21.2 Å². The number of rotatable bonds is 7. The van der Waals surface area contributed by atoms with Crippen LogP contribution in [0.5, 0.6) is 0 Å². The van der Waals surface area contributed by atoms with Crippen LogP contribution in [0.15, 0.2) is 24.7 Å². The molecule has 0 fully saturated rings. The number of ether oxygens (including phenoxy) is 1. The fourth-order valence-electron chi connectivity index (χ4n) is 2.36. The fraction of sp³-hybridized carbons (Fsp3) is 0.167. The summed E-state index contributed by atoms with van der Waals surface area (Å²) in [5.74, 6) is 0.940. The molecule has 1 aromatic carbocycles. The van der Waals surface area contributed by atoms with Gasteiger partial charge in [0.25, 0.3) is 5.91 Å². The van der Waals surface area contributed by atoms with Gasteiger partial charge in [0, 0.05) is 40.6 Å². The van der Waals surface area contributed by atoms with Crippen molar-refractivity contribution in [3.63, 3.8) is 0 Å². The van der Waals surface area contributed by atoms with Crippen LogP contribution >= 0.6 is 0 Å². The van der Waals surface area contributed by atoms with Gasteiger partial charge in [-0.3, -0.25) is 14.4 Å². The first-order valence-corrected chi connectivity index (χ1v) is 7.45. The predicted molar refractivity (Wildman–Crippen MR) is 90.7 cm³/mol. The molecule has 0 radical (unpaired) electrons. The molecule has 8 nitrogen and oxygen atoms in total. The highest BCUT2D eigenvalue weighted by Crippen LogP contribution is 2.15. The minimum Gasteiger partial charge on any atom is -0.467 e. The van der Waals surface area contributed by atoms with Crippen molar-refractivity contribution in [1.29, 1.82) is 0 Å². The quantitative estimate of drug-likeness (QED) is 0.426. The smallest absolute Gasteiger partial charge is 0.328 e. The van der Waals surface area contributed by atoms with E-state index < -0.39 is 17.9 Å². The molecule has 1 amide bonds. The van der Waals surface area contributed by atoms with Crippen LogP contribution in [0.2, 0.25) is 0 Å². The third-order valence-electron chi connectivity index (χ3n) is 3.63. The number of nitrogens with one attached hydrogen (secondary N) is 2. The summed E-state index contributed by atoms with van der Waals surface area (Å²) >= 11 is 0. The highest BCUT2D eigenvalue weighted by Gasteiger charge is 2.24. The van der Waals surface area contributed by atoms with Gasteiger partial charge >= 0.3 is 5.97 Å². The van der Waals surface area contributed by atoms with Crippen molar-refractivity contribution in [3.8, 4) is 12.3 Å². The molecule has 2 rings (SSSR count). The summed E-state index contributed by atoms with van der Waals surface area (Å²) in [6.07, 6.45) is 9.30. The highest BCUT2D eigenvalue weighted by atomic mass is 16.5. The maximum absolute atomic E-state index is 12.5. The predicted octanol–water partition coefficient (Wildman–Crippen LogP) is 0.530. The van der Waals surface area contributed by atoms with E-state index in [1.54, 1.807) is 0 Å². The number of aromatic nitrogens is 2. The molecule has 1 aromatic heterocycles. The zero-order chi connectivity index (χ0) is 19.1. The van der Waals surface area contributed by atoms with Gasteiger partial charge in [-0.1, -0.05) is 5.92 Å². The molecule has 1 heterocycles. The van der Waals surface area contributed by atoms with E-state index in [-0.39, 0.29) is 28.7 Å². The molecule has 0 bridgehead atoms. The number of hydrogen-bond donors (Lipinski definition) is 2. The number of hydrogen-bond acceptors (Lipinski definition) is 6. The molecule has 0 saturated carbocycles. The number of terminal acetylenes is 1. The molecule has 8 heteroatoms. The summed E-state index contributed by atoms with van der Waals surface area (Å²) in [4.78, 5) is 53.5. The largest absolute Gasteiger partial charge is 0.467 e. The zero-order valence-electron chi connectivity index (χ0n) is 13.8. The highest BCUT2D eigenvalue weighted by molar-refractivity contribution is 6.01. The third-order valence-corrected chi connectivity index (χ3v) is 3.63. The van der Waals surface area contributed by atoms with Crippen LogP contribution in [0.4, 0.5) is 0 Å². The lowest BCUT2D eigenvalue weighted by Gasteiger charge is -2.16. The van der Waals surface area contributed by atoms with Crippen molar-refractivity contribution in [3.05, 3.63) is 52.6 Å². The van der Waals surface area contributed by atoms with Crippen molar-refractivity contribution >= 4 is 24.4 Å².